The molecule has 0 saturated heterocycles. The van der Waals surface area contributed by atoms with Gasteiger partial charge in [0.15, 0.2) is 5.78 Å². The first-order valence-corrected chi connectivity index (χ1v) is 6.10. The van der Waals surface area contributed by atoms with E-state index in [4.69, 9.17) is 16.3 Å². The highest BCUT2D eigenvalue weighted by atomic mass is 35.5. The van der Waals surface area contributed by atoms with E-state index in [0.29, 0.717) is 11.3 Å². The first-order valence-electron chi connectivity index (χ1n) is 5.72. The zero-order valence-electron chi connectivity index (χ0n) is 10.3. The van der Waals surface area contributed by atoms with Crippen LogP contribution in [-0.2, 0) is 6.42 Å². The van der Waals surface area contributed by atoms with Crippen LogP contribution in [0, 0.1) is 5.82 Å². The normalized spacial score (nSPS) is 10.3. The third-order valence-electron chi connectivity index (χ3n) is 2.81. The summed E-state index contributed by atoms with van der Waals surface area (Å²) in [5, 5.41) is 0.253. The van der Waals surface area contributed by atoms with Crippen LogP contribution in [0.4, 0.5) is 4.39 Å². The molecule has 0 aliphatic rings. The second-order valence-corrected chi connectivity index (χ2v) is 4.41. The summed E-state index contributed by atoms with van der Waals surface area (Å²) in [6.45, 7) is 0. The lowest BCUT2D eigenvalue weighted by atomic mass is 10.0. The number of para-hydroxylation sites is 1. The fourth-order valence-electron chi connectivity index (χ4n) is 1.83. The summed E-state index contributed by atoms with van der Waals surface area (Å²) in [5.74, 6) is -0.236. The molecule has 2 nitrogen and oxygen atoms in total. The number of rotatable bonds is 4. The largest absolute Gasteiger partial charge is 0.496 e. The molecule has 0 spiro atoms. The standard InChI is InChI=1S/C15H12ClFO2/c1-19-15-8-3-2-5-10(15)14(18)9-11-12(16)6-4-7-13(11)17/h2-8H,9H2,1H3. The van der Waals surface area contributed by atoms with E-state index in [2.05, 4.69) is 0 Å². The lowest BCUT2D eigenvalue weighted by molar-refractivity contribution is 0.0989. The van der Waals surface area contributed by atoms with E-state index in [1.165, 1.54) is 19.2 Å². The van der Waals surface area contributed by atoms with Gasteiger partial charge in [-0.25, -0.2) is 4.39 Å². The van der Waals surface area contributed by atoms with E-state index in [0.717, 1.165) is 0 Å². The van der Waals surface area contributed by atoms with Crippen LogP contribution in [0.15, 0.2) is 42.5 Å². The SMILES string of the molecule is COc1ccccc1C(=O)Cc1c(F)cccc1Cl. The van der Waals surface area contributed by atoms with Crippen molar-refractivity contribution in [3.05, 3.63) is 64.4 Å². The van der Waals surface area contributed by atoms with Crippen molar-refractivity contribution in [1.82, 2.24) is 0 Å². The van der Waals surface area contributed by atoms with Gasteiger partial charge in [-0.1, -0.05) is 29.8 Å². The summed E-state index contributed by atoms with van der Waals surface area (Å²) in [7, 11) is 1.49. The fraction of sp³-hybridized carbons (Fsp3) is 0.133. The van der Waals surface area contributed by atoms with Gasteiger partial charge in [-0.2, -0.15) is 0 Å². The van der Waals surface area contributed by atoms with Crippen LogP contribution in [0.2, 0.25) is 5.02 Å². The lowest BCUT2D eigenvalue weighted by Crippen LogP contribution is -2.07. The quantitative estimate of drug-likeness (QED) is 0.793. The molecular weight excluding hydrogens is 267 g/mol. The van der Waals surface area contributed by atoms with Crippen LogP contribution in [0.5, 0.6) is 5.75 Å². The monoisotopic (exact) mass is 278 g/mol. The van der Waals surface area contributed by atoms with Crippen molar-refractivity contribution >= 4 is 17.4 Å². The van der Waals surface area contributed by atoms with Crippen LogP contribution < -0.4 is 4.74 Å². The average Bonchev–Trinajstić information content (AvgIpc) is 2.42. The molecule has 0 saturated carbocycles. The molecule has 4 heteroatoms. The van der Waals surface area contributed by atoms with Crippen molar-refractivity contribution in [1.29, 1.82) is 0 Å². The third-order valence-corrected chi connectivity index (χ3v) is 3.16. The van der Waals surface area contributed by atoms with Gasteiger partial charge in [-0.15, -0.1) is 0 Å². The Balaban J connectivity index is 2.31. The van der Waals surface area contributed by atoms with Crippen molar-refractivity contribution in [3.63, 3.8) is 0 Å². The van der Waals surface area contributed by atoms with E-state index >= 15 is 0 Å². The van der Waals surface area contributed by atoms with Gasteiger partial charge < -0.3 is 4.74 Å². The lowest BCUT2D eigenvalue weighted by Gasteiger charge is -2.08. The van der Waals surface area contributed by atoms with Crippen molar-refractivity contribution in [3.8, 4) is 5.75 Å². The topological polar surface area (TPSA) is 26.3 Å². The molecule has 0 fully saturated rings. The molecule has 0 atom stereocenters. The molecular formula is C15H12ClFO2. The average molecular weight is 279 g/mol. The fourth-order valence-corrected chi connectivity index (χ4v) is 2.06. The summed E-state index contributed by atoms with van der Waals surface area (Å²) in [5.41, 5.74) is 0.629. The van der Waals surface area contributed by atoms with Gasteiger partial charge in [0.05, 0.1) is 12.7 Å². The van der Waals surface area contributed by atoms with E-state index in [1.54, 1.807) is 30.3 Å². The van der Waals surface area contributed by atoms with Crippen molar-refractivity contribution in [2.24, 2.45) is 0 Å². The second kappa shape index (κ2) is 5.85. The van der Waals surface area contributed by atoms with Crippen LogP contribution in [0.25, 0.3) is 0 Å². The van der Waals surface area contributed by atoms with Gasteiger partial charge in [0.2, 0.25) is 0 Å². The van der Waals surface area contributed by atoms with Crippen molar-refractivity contribution < 1.29 is 13.9 Å². The molecule has 0 amide bonds. The van der Waals surface area contributed by atoms with Crippen LogP contribution in [-0.4, -0.2) is 12.9 Å². The second-order valence-electron chi connectivity index (χ2n) is 4.00. The molecule has 19 heavy (non-hydrogen) atoms. The number of hydrogen-bond donors (Lipinski definition) is 0. The van der Waals surface area contributed by atoms with Crippen LogP contribution >= 0.6 is 11.6 Å². The maximum absolute atomic E-state index is 13.6. The Labute approximate surface area is 115 Å². The molecule has 98 valence electrons. The molecule has 2 aromatic carbocycles. The summed E-state index contributed by atoms with van der Waals surface area (Å²) >= 11 is 5.91. The van der Waals surface area contributed by atoms with Gasteiger partial charge in [0.25, 0.3) is 0 Å². The predicted molar refractivity (Wildman–Crippen MR) is 72.4 cm³/mol. The first-order chi connectivity index (χ1) is 9.13. The van der Waals surface area contributed by atoms with E-state index < -0.39 is 5.82 Å². The number of methoxy groups -OCH3 is 1. The van der Waals surface area contributed by atoms with Gasteiger partial charge in [0.1, 0.15) is 11.6 Å². The number of carbonyl (C=O) groups excluding carboxylic acids is 1. The molecule has 0 N–H and O–H groups in total. The zero-order valence-corrected chi connectivity index (χ0v) is 11.1. The molecule has 0 aromatic heterocycles. The highest BCUT2D eigenvalue weighted by Crippen LogP contribution is 2.24. The van der Waals surface area contributed by atoms with Crippen molar-refractivity contribution in [2.45, 2.75) is 6.42 Å². The number of ether oxygens (including phenoxy) is 1. The van der Waals surface area contributed by atoms with Gasteiger partial charge in [-0.05, 0) is 24.3 Å². The van der Waals surface area contributed by atoms with E-state index in [-0.39, 0.29) is 22.8 Å². The maximum Gasteiger partial charge on any atom is 0.171 e. The molecule has 0 heterocycles. The minimum absolute atomic E-state index is 0.0914. The number of hydrogen-bond acceptors (Lipinski definition) is 2. The number of halogens is 2. The smallest absolute Gasteiger partial charge is 0.171 e. The van der Waals surface area contributed by atoms with Crippen LogP contribution in [0.3, 0.4) is 0 Å². The number of ketones is 1. The molecule has 0 aliphatic carbocycles. The van der Waals surface area contributed by atoms with Gasteiger partial charge >= 0.3 is 0 Å². The Kier molecular flexibility index (Phi) is 4.17. The first kappa shape index (κ1) is 13.6. The van der Waals surface area contributed by atoms with Crippen molar-refractivity contribution in [2.75, 3.05) is 7.11 Å². The Bertz CT molecular complexity index is 591. The number of benzene rings is 2. The molecule has 0 bridgehead atoms. The number of Topliss-reactive ketones (excluding diaryl/α,β-unsaturated/α-hetero) is 1. The predicted octanol–water partition coefficient (Wildman–Crippen LogP) is 3.91. The summed E-state index contributed by atoms with van der Waals surface area (Å²) < 4.78 is 18.8. The minimum Gasteiger partial charge on any atom is -0.496 e. The molecule has 0 aliphatic heterocycles. The summed E-state index contributed by atoms with van der Waals surface area (Å²) in [6.07, 6.45) is -0.0914. The van der Waals surface area contributed by atoms with E-state index in [9.17, 15) is 9.18 Å². The maximum atomic E-state index is 13.6. The molecule has 2 rings (SSSR count). The Morgan fingerprint density at radius 1 is 1.21 bits per heavy atom. The molecule has 0 unspecified atom stereocenters. The zero-order chi connectivity index (χ0) is 13.8. The highest BCUT2D eigenvalue weighted by Gasteiger charge is 2.16. The molecule has 0 radical (unpaired) electrons. The summed E-state index contributed by atoms with van der Waals surface area (Å²) in [6, 6.07) is 11.2. The third kappa shape index (κ3) is 2.93. The van der Waals surface area contributed by atoms with E-state index in [1.807, 2.05) is 0 Å². The highest BCUT2D eigenvalue weighted by molar-refractivity contribution is 6.31. The number of carbonyl (C=O) groups is 1. The Morgan fingerprint density at radius 2 is 1.95 bits per heavy atom. The summed E-state index contributed by atoms with van der Waals surface area (Å²) in [4.78, 5) is 12.2. The Morgan fingerprint density at radius 3 is 2.63 bits per heavy atom. The molecule has 2 aromatic rings. The van der Waals surface area contributed by atoms with Gasteiger partial charge in [0, 0.05) is 17.0 Å². The van der Waals surface area contributed by atoms with Crippen LogP contribution in [0.1, 0.15) is 15.9 Å². The Hall–Kier alpha value is -1.87. The minimum atomic E-state index is -0.476. The van der Waals surface area contributed by atoms with Gasteiger partial charge in [-0.3, -0.25) is 4.79 Å².